The number of hydrogen-bond acceptors (Lipinski definition) is 4. The van der Waals surface area contributed by atoms with E-state index in [-0.39, 0.29) is 0 Å². The Morgan fingerprint density at radius 1 is 1.40 bits per heavy atom. The average Bonchev–Trinajstić information content (AvgIpc) is 2.64. The molecule has 0 radical (unpaired) electrons. The monoisotopic (exact) mass is 281 g/mol. The van der Waals surface area contributed by atoms with E-state index in [0.717, 1.165) is 6.29 Å². The van der Waals surface area contributed by atoms with Crippen molar-refractivity contribution in [3.8, 4) is 0 Å². The fraction of sp³-hybridized carbons (Fsp3) is 0.643. The first-order chi connectivity index (χ1) is 9.01. The van der Waals surface area contributed by atoms with Gasteiger partial charge in [-0.15, -0.1) is 0 Å². The number of hydrogen-bond donors (Lipinski definition) is 0. The largest absolute Gasteiger partial charge is 0.444 e. The van der Waals surface area contributed by atoms with Gasteiger partial charge in [0.25, 0.3) is 0 Å². The molecule has 1 unspecified atom stereocenters. The van der Waals surface area contributed by atoms with Gasteiger partial charge in [0.05, 0.1) is 5.69 Å². The van der Waals surface area contributed by atoms with E-state index in [1.165, 1.54) is 4.90 Å². The maximum Gasteiger partial charge on any atom is 0.411 e. The van der Waals surface area contributed by atoms with Gasteiger partial charge < -0.3 is 9.53 Å². The normalized spacial score (nSPS) is 14.6. The molecule has 1 atom stereocenters. The molecule has 0 bridgehead atoms. The van der Waals surface area contributed by atoms with Crippen molar-refractivity contribution in [1.82, 2.24) is 14.7 Å². The number of carbonyl (C=O) groups is 2. The van der Waals surface area contributed by atoms with Gasteiger partial charge in [-0.05, 0) is 34.6 Å². The lowest BCUT2D eigenvalue weighted by Crippen LogP contribution is -2.48. The van der Waals surface area contributed by atoms with Crippen LogP contribution in [-0.4, -0.2) is 39.7 Å². The summed E-state index contributed by atoms with van der Waals surface area (Å²) in [6, 6.07) is 0. The van der Waals surface area contributed by atoms with Gasteiger partial charge in [0.15, 0.2) is 0 Å². The van der Waals surface area contributed by atoms with Gasteiger partial charge in [0.1, 0.15) is 17.4 Å². The zero-order valence-electron chi connectivity index (χ0n) is 13.2. The third-order valence-electron chi connectivity index (χ3n) is 3.15. The predicted molar refractivity (Wildman–Crippen MR) is 75.4 cm³/mol. The Hall–Kier alpha value is -1.85. The van der Waals surface area contributed by atoms with Crippen LogP contribution in [0.2, 0.25) is 0 Å². The fourth-order valence-corrected chi connectivity index (χ4v) is 1.94. The molecule has 0 aliphatic heterocycles. The van der Waals surface area contributed by atoms with Crippen LogP contribution >= 0.6 is 0 Å². The molecule has 1 rings (SSSR count). The fourth-order valence-electron chi connectivity index (χ4n) is 1.94. The molecule has 20 heavy (non-hydrogen) atoms. The molecule has 0 fully saturated rings. The molecule has 6 heteroatoms. The van der Waals surface area contributed by atoms with Gasteiger partial charge in [-0.25, -0.2) is 4.79 Å². The van der Waals surface area contributed by atoms with E-state index in [1.807, 2.05) is 0 Å². The maximum atomic E-state index is 12.2. The number of amides is 1. The third kappa shape index (κ3) is 3.18. The minimum atomic E-state index is -1.11. The predicted octanol–water partition coefficient (Wildman–Crippen LogP) is 2.01. The lowest BCUT2D eigenvalue weighted by Gasteiger charge is -2.35. The van der Waals surface area contributed by atoms with E-state index in [1.54, 1.807) is 59.6 Å². The van der Waals surface area contributed by atoms with Crippen molar-refractivity contribution in [1.29, 1.82) is 0 Å². The Labute approximate surface area is 119 Å². The summed E-state index contributed by atoms with van der Waals surface area (Å²) in [5.74, 6) is 0. The molecule has 0 spiro atoms. The van der Waals surface area contributed by atoms with Crippen LogP contribution in [0.1, 0.15) is 39.0 Å². The van der Waals surface area contributed by atoms with Gasteiger partial charge in [-0.1, -0.05) is 0 Å². The molecule has 1 aromatic heterocycles. The van der Waals surface area contributed by atoms with Crippen LogP contribution in [-0.2, 0) is 22.1 Å². The lowest BCUT2D eigenvalue weighted by molar-refractivity contribution is -0.117. The summed E-state index contributed by atoms with van der Waals surface area (Å²) < 4.78 is 6.94. The second-order valence-electron chi connectivity index (χ2n) is 6.11. The van der Waals surface area contributed by atoms with Crippen molar-refractivity contribution in [2.45, 2.75) is 45.8 Å². The topological polar surface area (TPSA) is 64.4 Å². The Morgan fingerprint density at radius 3 is 2.30 bits per heavy atom. The highest BCUT2D eigenvalue weighted by Gasteiger charge is 2.39. The number of aldehydes is 1. The number of nitrogens with zero attached hydrogens (tertiary/aromatic N) is 3. The molecule has 0 N–H and O–H groups in total. The van der Waals surface area contributed by atoms with Gasteiger partial charge >= 0.3 is 6.09 Å². The lowest BCUT2D eigenvalue weighted by atomic mass is 9.93. The first-order valence-corrected chi connectivity index (χ1v) is 6.45. The van der Waals surface area contributed by atoms with E-state index in [9.17, 15) is 9.59 Å². The number of rotatable bonds is 3. The highest BCUT2D eigenvalue weighted by atomic mass is 16.6. The smallest absolute Gasteiger partial charge is 0.411 e. The number of aromatic nitrogens is 2. The minimum absolute atomic E-state index is 0.546. The van der Waals surface area contributed by atoms with Gasteiger partial charge in [-0.3, -0.25) is 9.58 Å². The zero-order valence-corrected chi connectivity index (χ0v) is 13.2. The summed E-state index contributed by atoms with van der Waals surface area (Å²) in [5.41, 5.74) is -0.333. The summed E-state index contributed by atoms with van der Waals surface area (Å²) in [5, 5.41) is 4.22. The Kier molecular flexibility index (Phi) is 4.27. The molecule has 0 saturated heterocycles. The molecule has 0 aliphatic carbocycles. The SMILES string of the molecule is Cc1nn(C)cc1C(C)(C=O)N(C)C(=O)OC(C)(C)C. The summed E-state index contributed by atoms with van der Waals surface area (Å²) in [6.45, 7) is 8.83. The molecule has 1 aromatic rings. The van der Waals surface area contributed by atoms with Crippen molar-refractivity contribution in [2.75, 3.05) is 7.05 Å². The van der Waals surface area contributed by atoms with Gasteiger partial charge in [-0.2, -0.15) is 5.10 Å². The Bertz CT molecular complexity index is 516. The summed E-state index contributed by atoms with van der Waals surface area (Å²) in [7, 11) is 3.32. The van der Waals surface area contributed by atoms with Crippen LogP contribution in [0.15, 0.2) is 6.20 Å². The third-order valence-corrected chi connectivity index (χ3v) is 3.15. The van der Waals surface area contributed by atoms with E-state index in [4.69, 9.17) is 4.74 Å². The maximum absolute atomic E-state index is 12.2. The van der Waals surface area contributed by atoms with Crippen LogP contribution < -0.4 is 0 Å². The summed E-state index contributed by atoms with van der Waals surface area (Å²) in [6.07, 6.45) is 1.93. The van der Waals surface area contributed by atoms with Crippen LogP contribution in [0.5, 0.6) is 0 Å². The second kappa shape index (κ2) is 5.26. The average molecular weight is 281 g/mol. The molecule has 0 saturated carbocycles. The molecule has 1 amide bonds. The standard InChI is InChI=1S/C14H23N3O3/c1-10-11(8-16(6)15-10)14(5,9-18)17(7)12(19)20-13(2,3)4/h8-9H,1-7H3. The second-order valence-corrected chi connectivity index (χ2v) is 6.11. The van der Waals surface area contributed by atoms with E-state index < -0.39 is 17.2 Å². The first kappa shape index (κ1) is 16.2. The number of ether oxygens (including phenoxy) is 1. The van der Waals surface area contributed by atoms with E-state index in [2.05, 4.69) is 5.10 Å². The molecular formula is C14H23N3O3. The number of aryl methyl sites for hydroxylation is 2. The van der Waals surface area contributed by atoms with E-state index >= 15 is 0 Å². The summed E-state index contributed by atoms with van der Waals surface area (Å²) >= 11 is 0. The molecule has 112 valence electrons. The molecule has 0 aliphatic rings. The molecule has 1 heterocycles. The molecular weight excluding hydrogens is 258 g/mol. The quantitative estimate of drug-likeness (QED) is 0.795. The van der Waals surface area contributed by atoms with Crippen molar-refractivity contribution in [2.24, 2.45) is 7.05 Å². The van der Waals surface area contributed by atoms with Crippen LogP contribution in [0, 0.1) is 6.92 Å². The number of carbonyl (C=O) groups excluding carboxylic acids is 2. The number of likely N-dealkylation sites (N-methyl/N-ethyl adjacent to an activating group) is 1. The van der Waals surface area contributed by atoms with Gasteiger partial charge in [0.2, 0.25) is 0 Å². The van der Waals surface area contributed by atoms with Gasteiger partial charge in [0, 0.05) is 25.9 Å². The van der Waals surface area contributed by atoms with Crippen molar-refractivity contribution in [3.63, 3.8) is 0 Å². The minimum Gasteiger partial charge on any atom is -0.444 e. The van der Waals surface area contributed by atoms with Crippen molar-refractivity contribution >= 4 is 12.4 Å². The Balaban J connectivity index is 3.14. The Morgan fingerprint density at radius 2 is 1.95 bits per heavy atom. The zero-order chi connectivity index (χ0) is 15.7. The van der Waals surface area contributed by atoms with Crippen molar-refractivity contribution < 1.29 is 14.3 Å². The van der Waals surface area contributed by atoms with E-state index in [0.29, 0.717) is 11.3 Å². The highest BCUT2D eigenvalue weighted by molar-refractivity contribution is 5.78. The molecule has 0 aromatic carbocycles. The van der Waals surface area contributed by atoms with Crippen LogP contribution in [0.4, 0.5) is 4.79 Å². The summed E-state index contributed by atoms with van der Waals surface area (Å²) in [4.78, 5) is 25.1. The molecule has 6 nitrogen and oxygen atoms in total. The van der Waals surface area contributed by atoms with Crippen LogP contribution in [0.3, 0.4) is 0 Å². The highest BCUT2D eigenvalue weighted by Crippen LogP contribution is 2.28. The van der Waals surface area contributed by atoms with Crippen LogP contribution in [0.25, 0.3) is 0 Å². The van der Waals surface area contributed by atoms with Crippen molar-refractivity contribution in [3.05, 3.63) is 17.5 Å². The first-order valence-electron chi connectivity index (χ1n) is 6.45.